The van der Waals surface area contributed by atoms with Crippen LogP contribution in [0.25, 0.3) is 11.1 Å². The van der Waals surface area contributed by atoms with Crippen molar-refractivity contribution in [1.82, 2.24) is 9.71 Å². The molecule has 9 heteroatoms. The summed E-state index contributed by atoms with van der Waals surface area (Å²) < 4.78 is 37.0. The molecule has 0 spiro atoms. The Bertz CT molecular complexity index is 1360. The first-order valence-corrected chi connectivity index (χ1v) is 12.0. The molecular weight excluding hydrogens is 442 g/mol. The molecule has 0 radical (unpaired) electrons. The van der Waals surface area contributed by atoms with Crippen LogP contribution in [0.1, 0.15) is 25.5 Å². The number of carbonyl (C=O) groups is 1. The number of hydrogen-bond donors (Lipinski definition) is 2. The second-order valence-corrected chi connectivity index (χ2v) is 10.1. The van der Waals surface area contributed by atoms with Crippen molar-refractivity contribution in [2.24, 2.45) is 0 Å². The first-order chi connectivity index (χ1) is 15.8. The van der Waals surface area contributed by atoms with E-state index < -0.39 is 15.4 Å². The molecule has 2 aliphatic rings. The molecule has 2 heterocycles. The van der Waals surface area contributed by atoms with E-state index in [1.807, 2.05) is 31.2 Å². The molecule has 172 valence electrons. The zero-order valence-corrected chi connectivity index (χ0v) is 19.0. The van der Waals surface area contributed by atoms with Crippen molar-refractivity contribution in [3.8, 4) is 22.6 Å². The number of benzene rings is 2. The van der Waals surface area contributed by atoms with Gasteiger partial charge in [-0.2, -0.15) is 0 Å². The minimum absolute atomic E-state index is 0. The van der Waals surface area contributed by atoms with Gasteiger partial charge in [0, 0.05) is 12.7 Å². The molecule has 0 bridgehead atoms. The van der Waals surface area contributed by atoms with Crippen LogP contribution in [0.2, 0.25) is 0 Å². The van der Waals surface area contributed by atoms with Crippen molar-refractivity contribution in [2.75, 3.05) is 19.2 Å². The number of sulfonamides is 1. The minimum atomic E-state index is -3.49. The third-order valence-electron chi connectivity index (χ3n) is 6.18. The Morgan fingerprint density at radius 3 is 2.42 bits per heavy atom. The lowest BCUT2D eigenvalue weighted by molar-refractivity contribution is -0.118. The standard InChI is InChI=1S/C24H23N3O5S.H2/c1-15-19(16-3-6-18(7-4-16)33(29,30)25-2)8-10-22(26-15)27-23(28)24(11-12-24)17-5-9-20-21(13-17)32-14-31-20;/h3-10,13,25H,11-12,14H2,1-2H3,(H,26,27,28);1H. The Morgan fingerprint density at radius 2 is 1.76 bits per heavy atom. The number of aryl methyl sites for hydroxylation is 1. The maximum absolute atomic E-state index is 13.1. The lowest BCUT2D eigenvalue weighted by Gasteiger charge is -2.17. The predicted octanol–water partition coefficient (Wildman–Crippen LogP) is 3.61. The fourth-order valence-electron chi connectivity index (χ4n) is 4.07. The number of fused-ring (bicyclic) bond motifs is 1. The number of aromatic nitrogens is 1. The van der Waals surface area contributed by atoms with Gasteiger partial charge in [0.2, 0.25) is 22.7 Å². The summed E-state index contributed by atoms with van der Waals surface area (Å²) in [7, 11) is -2.11. The van der Waals surface area contributed by atoms with Gasteiger partial charge < -0.3 is 14.8 Å². The quantitative estimate of drug-likeness (QED) is 0.574. The maximum atomic E-state index is 13.1. The first-order valence-electron chi connectivity index (χ1n) is 10.6. The fourth-order valence-corrected chi connectivity index (χ4v) is 4.80. The van der Waals surface area contributed by atoms with Crippen LogP contribution in [0, 0.1) is 6.92 Å². The number of hydrogen-bond acceptors (Lipinski definition) is 6. The lowest BCUT2D eigenvalue weighted by Crippen LogP contribution is -2.28. The molecule has 1 aromatic heterocycles. The Hall–Kier alpha value is -3.43. The molecule has 0 unspecified atom stereocenters. The summed E-state index contributed by atoms with van der Waals surface area (Å²) in [6.07, 6.45) is 1.52. The minimum Gasteiger partial charge on any atom is -0.454 e. The topological polar surface area (TPSA) is 107 Å². The van der Waals surface area contributed by atoms with E-state index in [1.165, 1.54) is 7.05 Å². The molecule has 33 heavy (non-hydrogen) atoms. The van der Waals surface area contributed by atoms with Crippen LogP contribution in [0.4, 0.5) is 5.82 Å². The summed E-state index contributed by atoms with van der Waals surface area (Å²) in [5.74, 6) is 1.74. The Balaban J connectivity index is 0.00000274. The van der Waals surface area contributed by atoms with Crippen molar-refractivity contribution in [3.63, 3.8) is 0 Å². The van der Waals surface area contributed by atoms with E-state index in [-0.39, 0.29) is 19.0 Å². The Morgan fingerprint density at radius 1 is 1.03 bits per heavy atom. The number of nitrogens with one attached hydrogen (secondary N) is 2. The number of rotatable bonds is 6. The van der Waals surface area contributed by atoms with Gasteiger partial charge in [0.1, 0.15) is 5.82 Å². The van der Waals surface area contributed by atoms with Gasteiger partial charge in [-0.1, -0.05) is 18.2 Å². The molecule has 3 aromatic rings. The summed E-state index contributed by atoms with van der Waals surface area (Å²) in [5.41, 5.74) is 2.76. The highest BCUT2D eigenvalue weighted by Crippen LogP contribution is 2.51. The highest BCUT2D eigenvalue weighted by molar-refractivity contribution is 7.89. The van der Waals surface area contributed by atoms with Gasteiger partial charge in [0.15, 0.2) is 11.5 Å². The van der Waals surface area contributed by atoms with Crippen LogP contribution >= 0.6 is 0 Å². The predicted molar refractivity (Wildman–Crippen MR) is 125 cm³/mol. The molecule has 2 aromatic carbocycles. The van der Waals surface area contributed by atoms with E-state index in [2.05, 4.69) is 15.0 Å². The Kier molecular flexibility index (Phi) is 5.10. The van der Waals surface area contributed by atoms with Gasteiger partial charge >= 0.3 is 0 Å². The maximum Gasteiger partial charge on any atom is 0.240 e. The summed E-state index contributed by atoms with van der Waals surface area (Å²) in [4.78, 5) is 17.9. The lowest BCUT2D eigenvalue weighted by atomic mass is 9.94. The smallest absolute Gasteiger partial charge is 0.240 e. The highest BCUT2D eigenvalue weighted by Gasteiger charge is 2.51. The number of amides is 1. The molecule has 1 fully saturated rings. The molecule has 0 atom stereocenters. The zero-order valence-electron chi connectivity index (χ0n) is 18.2. The second kappa shape index (κ2) is 7.86. The van der Waals surface area contributed by atoms with E-state index in [0.717, 1.165) is 35.2 Å². The monoisotopic (exact) mass is 467 g/mol. The number of ether oxygens (including phenoxy) is 2. The molecule has 2 N–H and O–H groups in total. The van der Waals surface area contributed by atoms with Crippen molar-refractivity contribution >= 4 is 21.7 Å². The van der Waals surface area contributed by atoms with E-state index >= 15 is 0 Å². The molecular formula is C24H25N3O5S. The van der Waals surface area contributed by atoms with Crippen molar-refractivity contribution in [3.05, 3.63) is 65.9 Å². The van der Waals surface area contributed by atoms with Gasteiger partial charge in [0.25, 0.3) is 0 Å². The molecule has 1 saturated carbocycles. The fraction of sp³-hybridized carbons (Fsp3) is 0.250. The van der Waals surface area contributed by atoms with Gasteiger partial charge in [-0.05, 0) is 74.3 Å². The van der Waals surface area contributed by atoms with E-state index in [9.17, 15) is 13.2 Å². The molecule has 1 aliphatic carbocycles. The van der Waals surface area contributed by atoms with Crippen molar-refractivity contribution in [1.29, 1.82) is 0 Å². The molecule has 1 aliphatic heterocycles. The van der Waals surface area contributed by atoms with E-state index in [1.54, 1.807) is 30.3 Å². The van der Waals surface area contributed by atoms with E-state index in [4.69, 9.17) is 9.47 Å². The van der Waals surface area contributed by atoms with Gasteiger partial charge in [0.05, 0.1) is 10.3 Å². The number of anilines is 1. The SMILES string of the molecule is CNS(=O)(=O)c1ccc(-c2ccc(NC(=O)C3(c4ccc5c(c4)OCO5)CC3)nc2C)cc1.[HH]. The third-order valence-corrected chi connectivity index (χ3v) is 7.61. The summed E-state index contributed by atoms with van der Waals surface area (Å²) >= 11 is 0. The summed E-state index contributed by atoms with van der Waals surface area (Å²) in [6, 6.07) is 15.9. The van der Waals surface area contributed by atoms with Gasteiger partial charge in [-0.15, -0.1) is 0 Å². The number of carbonyl (C=O) groups excluding carboxylic acids is 1. The molecule has 8 nitrogen and oxygen atoms in total. The van der Waals surface area contributed by atoms with Crippen LogP contribution in [0.15, 0.2) is 59.5 Å². The number of nitrogens with zero attached hydrogens (tertiary/aromatic N) is 1. The number of pyridine rings is 1. The van der Waals surface area contributed by atoms with Crippen molar-refractivity contribution < 1.29 is 24.1 Å². The first kappa shape index (κ1) is 21.4. The Labute approximate surface area is 193 Å². The van der Waals surface area contributed by atoms with Crippen LogP contribution in [0.3, 0.4) is 0 Å². The van der Waals surface area contributed by atoms with Gasteiger partial charge in [-0.25, -0.2) is 18.1 Å². The zero-order chi connectivity index (χ0) is 23.2. The summed E-state index contributed by atoms with van der Waals surface area (Å²) in [6.45, 7) is 2.05. The molecule has 5 rings (SSSR count). The normalized spacial score (nSPS) is 15.8. The average molecular weight is 468 g/mol. The molecule has 1 amide bonds. The average Bonchev–Trinajstić information content (AvgIpc) is 3.50. The van der Waals surface area contributed by atoms with Crippen LogP contribution in [-0.2, 0) is 20.2 Å². The van der Waals surface area contributed by atoms with Crippen molar-refractivity contribution in [2.45, 2.75) is 30.1 Å². The second-order valence-electron chi connectivity index (χ2n) is 8.17. The van der Waals surface area contributed by atoms with Gasteiger partial charge in [-0.3, -0.25) is 4.79 Å². The summed E-state index contributed by atoms with van der Waals surface area (Å²) in [5, 5.41) is 2.96. The third kappa shape index (κ3) is 3.83. The van der Waals surface area contributed by atoms with Crippen LogP contribution in [-0.4, -0.2) is 33.1 Å². The largest absolute Gasteiger partial charge is 0.454 e. The highest BCUT2D eigenvalue weighted by atomic mass is 32.2. The molecule has 0 saturated heterocycles. The van der Waals surface area contributed by atoms with E-state index in [0.29, 0.717) is 17.3 Å². The van der Waals surface area contributed by atoms with Crippen LogP contribution < -0.4 is 19.5 Å². The van der Waals surface area contributed by atoms with Crippen LogP contribution in [0.5, 0.6) is 11.5 Å².